The molecule has 0 aliphatic carbocycles. The van der Waals surface area contributed by atoms with Crippen molar-refractivity contribution in [2.45, 2.75) is 18.6 Å². The van der Waals surface area contributed by atoms with Gasteiger partial charge in [-0.05, 0) is 30.7 Å². The van der Waals surface area contributed by atoms with Crippen LogP contribution in [-0.2, 0) is 6.18 Å². The van der Waals surface area contributed by atoms with Crippen molar-refractivity contribution in [3.05, 3.63) is 35.1 Å². The molecule has 4 N–H and O–H groups in total. The van der Waals surface area contributed by atoms with Crippen molar-refractivity contribution < 1.29 is 17.6 Å². The lowest BCUT2D eigenvalue weighted by atomic mass is 10.0. The molecule has 0 spiro atoms. The highest BCUT2D eigenvalue weighted by molar-refractivity contribution is 5.85. The summed E-state index contributed by atoms with van der Waals surface area (Å²) in [6.45, 7) is 0.264. The van der Waals surface area contributed by atoms with E-state index in [1.807, 2.05) is 0 Å². The van der Waals surface area contributed by atoms with E-state index in [0.29, 0.717) is 6.42 Å². The maximum absolute atomic E-state index is 12.9. The lowest BCUT2D eigenvalue weighted by molar-refractivity contribution is -0.140. The summed E-state index contributed by atoms with van der Waals surface area (Å²) in [5, 5.41) is 0. The topological polar surface area (TPSA) is 52.0 Å². The first-order valence-electron chi connectivity index (χ1n) is 4.68. The van der Waals surface area contributed by atoms with Crippen LogP contribution in [0.3, 0.4) is 0 Å². The van der Waals surface area contributed by atoms with E-state index in [2.05, 4.69) is 0 Å². The lowest BCUT2D eigenvalue weighted by Crippen LogP contribution is -2.17. The smallest absolute Gasteiger partial charge is 0.330 e. The first-order valence-corrected chi connectivity index (χ1v) is 4.68. The molecule has 0 bridgehead atoms. The molecule has 0 saturated carbocycles. The SMILES string of the molecule is Cl.NCC[C@H](N)c1ccc(F)c(C(F)(F)F)c1. The van der Waals surface area contributed by atoms with E-state index in [0.717, 1.165) is 12.1 Å². The van der Waals surface area contributed by atoms with Crippen molar-refractivity contribution in [1.82, 2.24) is 0 Å². The summed E-state index contributed by atoms with van der Waals surface area (Å²) in [5.41, 5.74) is 9.78. The van der Waals surface area contributed by atoms with Gasteiger partial charge in [-0.25, -0.2) is 4.39 Å². The highest BCUT2D eigenvalue weighted by atomic mass is 35.5. The van der Waals surface area contributed by atoms with E-state index in [1.54, 1.807) is 0 Å². The third-order valence-corrected chi connectivity index (χ3v) is 2.20. The van der Waals surface area contributed by atoms with Crippen LogP contribution in [0.2, 0.25) is 0 Å². The molecule has 0 aromatic heterocycles. The normalized spacial score (nSPS) is 13.1. The molecule has 1 aromatic rings. The highest BCUT2D eigenvalue weighted by Gasteiger charge is 2.34. The number of hydrogen-bond donors (Lipinski definition) is 2. The maximum atomic E-state index is 12.9. The predicted octanol–water partition coefficient (Wildman–Crippen LogP) is 2.61. The number of alkyl halides is 3. The molecule has 1 rings (SSSR count). The average Bonchev–Trinajstić information content (AvgIpc) is 2.16. The summed E-state index contributed by atoms with van der Waals surface area (Å²) in [5.74, 6) is -1.30. The summed E-state index contributed by atoms with van der Waals surface area (Å²) < 4.78 is 50.0. The van der Waals surface area contributed by atoms with Crippen LogP contribution in [0.4, 0.5) is 17.6 Å². The lowest BCUT2D eigenvalue weighted by Gasteiger charge is -2.14. The second-order valence-corrected chi connectivity index (χ2v) is 3.42. The van der Waals surface area contributed by atoms with E-state index in [-0.39, 0.29) is 24.5 Å². The van der Waals surface area contributed by atoms with Gasteiger partial charge in [0.15, 0.2) is 0 Å². The van der Waals surface area contributed by atoms with Crippen LogP contribution in [0.25, 0.3) is 0 Å². The molecule has 2 nitrogen and oxygen atoms in total. The second kappa shape index (κ2) is 6.18. The molecule has 7 heteroatoms. The van der Waals surface area contributed by atoms with Gasteiger partial charge in [0.1, 0.15) is 5.82 Å². The first-order chi connectivity index (χ1) is 7.36. The molecule has 17 heavy (non-hydrogen) atoms. The van der Waals surface area contributed by atoms with Crippen molar-refractivity contribution >= 4 is 12.4 Å². The van der Waals surface area contributed by atoms with E-state index in [4.69, 9.17) is 11.5 Å². The Balaban J connectivity index is 0.00000256. The number of nitrogens with two attached hydrogens (primary N) is 2. The van der Waals surface area contributed by atoms with Crippen LogP contribution < -0.4 is 11.5 Å². The maximum Gasteiger partial charge on any atom is 0.419 e. The molecule has 0 fully saturated rings. The highest BCUT2D eigenvalue weighted by Crippen LogP contribution is 2.32. The third-order valence-electron chi connectivity index (χ3n) is 2.20. The van der Waals surface area contributed by atoms with Crippen molar-refractivity contribution in [2.24, 2.45) is 11.5 Å². The minimum atomic E-state index is -4.71. The van der Waals surface area contributed by atoms with Gasteiger partial charge >= 0.3 is 6.18 Å². The Hall–Kier alpha value is -0.850. The third kappa shape index (κ3) is 4.14. The van der Waals surface area contributed by atoms with Gasteiger partial charge in [-0.15, -0.1) is 12.4 Å². The van der Waals surface area contributed by atoms with Gasteiger partial charge in [0.05, 0.1) is 5.56 Å². The Kier molecular flexibility index (Phi) is 5.87. The molecule has 1 atom stereocenters. The van der Waals surface area contributed by atoms with Crippen molar-refractivity contribution in [2.75, 3.05) is 6.54 Å². The number of halogens is 5. The van der Waals surface area contributed by atoms with Crippen LogP contribution in [-0.4, -0.2) is 6.54 Å². The van der Waals surface area contributed by atoms with E-state index in [1.165, 1.54) is 6.07 Å². The minimum Gasteiger partial charge on any atom is -0.330 e. The van der Waals surface area contributed by atoms with Crippen LogP contribution >= 0.6 is 12.4 Å². The molecule has 0 saturated heterocycles. The molecule has 98 valence electrons. The van der Waals surface area contributed by atoms with Gasteiger partial charge in [-0.3, -0.25) is 0 Å². The van der Waals surface area contributed by atoms with Crippen molar-refractivity contribution in [1.29, 1.82) is 0 Å². The Bertz CT molecular complexity index is 368. The fourth-order valence-corrected chi connectivity index (χ4v) is 1.34. The molecular formula is C10H13ClF4N2. The predicted molar refractivity (Wildman–Crippen MR) is 59.2 cm³/mol. The molecule has 0 radical (unpaired) electrons. The van der Waals surface area contributed by atoms with Crippen LogP contribution in [0.1, 0.15) is 23.6 Å². The quantitative estimate of drug-likeness (QED) is 0.831. The van der Waals surface area contributed by atoms with Gasteiger partial charge < -0.3 is 11.5 Å². The number of hydrogen-bond acceptors (Lipinski definition) is 2. The number of benzene rings is 1. The monoisotopic (exact) mass is 272 g/mol. The summed E-state index contributed by atoms with van der Waals surface area (Å²) in [7, 11) is 0. The fraction of sp³-hybridized carbons (Fsp3) is 0.400. The molecular weight excluding hydrogens is 260 g/mol. The Labute approximate surface area is 102 Å². The Morgan fingerprint density at radius 2 is 1.82 bits per heavy atom. The minimum absolute atomic E-state index is 0. The van der Waals surface area contributed by atoms with Crippen LogP contribution in [0.5, 0.6) is 0 Å². The average molecular weight is 273 g/mol. The van der Waals surface area contributed by atoms with Gasteiger partial charge in [0.25, 0.3) is 0 Å². The van der Waals surface area contributed by atoms with E-state index in [9.17, 15) is 17.6 Å². The molecule has 0 heterocycles. The Morgan fingerprint density at radius 1 is 1.24 bits per heavy atom. The summed E-state index contributed by atoms with van der Waals surface area (Å²) in [4.78, 5) is 0. The fourth-order valence-electron chi connectivity index (χ4n) is 1.34. The molecule has 0 amide bonds. The van der Waals surface area contributed by atoms with Crippen LogP contribution in [0.15, 0.2) is 18.2 Å². The summed E-state index contributed by atoms with van der Waals surface area (Å²) in [6, 6.07) is 2.14. The number of rotatable bonds is 3. The molecule has 0 unspecified atom stereocenters. The summed E-state index contributed by atoms with van der Waals surface area (Å²) >= 11 is 0. The van der Waals surface area contributed by atoms with Gasteiger partial charge in [-0.2, -0.15) is 13.2 Å². The molecule has 1 aromatic carbocycles. The zero-order valence-corrected chi connectivity index (χ0v) is 9.61. The van der Waals surface area contributed by atoms with Gasteiger partial charge in [-0.1, -0.05) is 6.07 Å². The van der Waals surface area contributed by atoms with Crippen molar-refractivity contribution in [3.8, 4) is 0 Å². The zero-order valence-electron chi connectivity index (χ0n) is 8.80. The van der Waals surface area contributed by atoms with E-state index >= 15 is 0 Å². The second-order valence-electron chi connectivity index (χ2n) is 3.42. The molecule has 0 aliphatic heterocycles. The van der Waals surface area contributed by atoms with Gasteiger partial charge in [0.2, 0.25) is 0 Å². The van der Waals surface area contributed by atoms with Crippen molar-refractivity contribution in [3.63, 3.8) is 0 Å². The summed E-state index contributed by atoms with van der Waals surface area (Å²) in [6.07, 6.45) is -4.36. The largest absolute Gasteiger partial charge is 0.419 e. The van der Waals surface area contributed by atoms with Gasteiger partial charge in [0, 0.05) is 6.04 Å². The van der Waals surface area contributed by atoms with E-state index < -0.39 is 23.6 Å². The zero-order chi connectivity index (χ0) is 12.3. The Morgan fingerprint density at radius 3 is 2.29 bits per heavy atom. The first kappa shape index (κ1) is 16.1. The standard InChI is InChI=1S/C10H12F4N2.ClH/c11-8-2-1-6(9(16)3-4-15)5-7(8)10(12,13)14;/h1-2,5,9H,3-4,15-16H2;1H/t9-;/m0./s1. The molecule has 0 aliphatic rings. The van der Waals surface area contributed by atoms with Crippen LogP contribution in [0, 0.1) is 5.82 Å².